The van der Waals surface area contributed by atoms with E-state index in [1.807, 2.05) is 13.8 Å². The fourth-order valence-corrected chi connectivity index (χ4v) is 1.60. The summed E-state index contributed by atoms with van der Waals surface area (Å²) in [4.78, 5) is 13.9. The van der Waals surface area contributed by atoms with Gasteiger partial charge in [0.15, 0.2) is 0 Å². The van der Waals surface area contributed by atoms with E-state index in [-0.39, 0.29) is 11.9 Å². The van der Waals surface area contributed by atoms with Gasteiger partial charge in [0.25, 0.3) is 5.91 Å². The number of carbonyl (C=O) groups excluding carboxylic acids is 1. The molecule has 1 aromatic rings. The van der Waals surface area contributed by atoms with Crippen LogP contribution in [0.5, 0.6) is 0 Å². The predicted molar refractivity (Wildman–Crippen MR) is 67.3 cm³/mol. The van der Waals surface area contributed by atoms with Crippen molar-refractivity contribution in [2.45, 2.75) is 26.3 Å². The molecule has 4 heteroatoms. The molecule has 2 N–H and O–H groups in total. The van der Waals surface area contributed by atoms with Gasteiger partial charge in [0.1, 0.15) is 0 Å². The van der Waals surface area contributed by atoms with Crippen LogP contribution in [0.3, 0.4) is 0 Å². The average Bonchev–Trinajstić information content (AvgIpc) is 2.29. The SMILES string of the molecule is CC(C)N(CCC#N)C(=O)c1cccc(N)c1. The van der Waals surface area contributed by atoms with E-state index in [0.29, 0.717) is 24.2 Å². The maximum atomic E-state index is 12.2. The zero-order valence-corrected chi connectivity index (χ0v) is 10.2. The summed E-state index contributed by atoms with van der Waals surface area (Å²) in [5, 5.41) is 8.59. The first kappa shape index (κ1) is 13.0. The summed E-state index contributed by atoms with van der Waals surface area (Å²) in [7, 11) is 0. The Bertz CT molecular complexity index is 435. The summed E-state index contributed by atoms with van der Waals surface area (Å²) in [6.45, 7) is 4.31. The number of hydrogen-bond donors (Lipinski definition) is 1. The van der Waals surface area contributed by atoms with Gasteiger partial charge in [0.05, 0.1) is 12.5 Å². The molecule has 0 heterocycles. The van der Waals surface area contributed by atoms with E-state index in [1.54, 1.807) is 29.2 Å². The quantitative estimate of drug-likeness (QED) is 0.806. The van der Waals surface area contributed by atoms with Gasteiger partial charge in [0.2, 0.25) is 0 Å². The molecule has 0 aliphatic heterocycles. The lowest BCUT2D eigenvalue weighted by Gasteiger charge is -2.26. The molecule has 0 atom stereocenters. The molecule has 0 saturated heterocycles. The lowest BCUT2D eigenvalue weighted by atomic mass is 10.1. The summed E-state index contributed by atoms with van der Waals surface area (Å²) in [6.07, 6.45) is 0.340. The molecule has 17 heavy (non-hydrogen) atoms. The maximum Gasteiger partial charge on any atom is 0.254 e. The van der Waals surface area contributed by atoms with E-state index in [0.717, 1.165) is 0 Å². The van der Waals surface area contributed by atoms with Crippen LogP contribution in [0.1, 0.15) is 30.6 Å². The highest BCUT2D eigenvalue weighted by molar-refractivity contribution is 5.95. The third-order valence-corrected chi connectivity index (χ3v) is 2.48. The normalized spacial score (nSPS) is 10.0. The average molecular weight is 231 g/mol. The van der Waals surface area contributed by atoms with Crippen molar-refractivity contribution in [1.29, 1.82) is 5.26 Å². The molecular weight excluding hydrogens is 214 g/mol. The van der Waals surface area contributed by atoms with Crippen LogP contribution < -0.4 is 5.73 Å². The molecule has 0 unspecified atom stereocenters. The number of nitrogen functional groups attached to an aromatic ring is 1. The number of benzene rings is 1. The van der Waals surface area contributed by atoms with E-state index in [9.17, 15) is 4.79 Å². The highest BCUT2D eigenvalue weighted by atomic mass is 16.2. The molecule has 0 aliphatic carbocycles. The van der Waals surface area contributed by atoms with Gasteiger partial charge in [-0.2, -0.15) is 5.26 Å². The zero-order valence-electron chi connectivity index (χ0n) is 10.2. The Morgan fingerprint density at radius 1 is 1.53 bits per heavy atom. The second-order valence-corrected chi connectivity index (χ2v) is 4.13. The fraction of sp³-hybridized carbons (Fsp3) is 0.385. The van der Waals surface area contributed by atoms with Crippen LogP contribution in [0.2, 0.25) is 0 Å². The molecular formula is C13H17N3O. The number of rotatable bonds is 4. The van der Waals surface area contributed by atoms with Crippen LogP contribution in [0.15, 0.2) is 24.3 Å². The lowest BCUT2D eigenvalue weighted by molar-refractivity contribution is 0.0710. The van der Waals surface area contributed by atoms with Gasteiger partial charge in [-0.25, -0.2) is 0 Å². The molecule has 0 saturated carbocycles. The topological polar surface area (TPSA) is 70.1 Å². The highest BCUT2D eigenvalue weighted by Crippen LogP contribution is 2.12. The Morgan fingerprint density at radius 3 is 2.76 bits per heavy atom. The first-order chi connectivity index (χ1) is 8.06. The van der Waals surface area contributed by atoms with E-state index >= 15 is 0 Å². The second kappa shape index (κ2) is 5.90. The molecule has 0 spiro atoms. The summed E-state index contributed by atoms with van der Waals surface area (Å²) >= 11 is 0. The number of amides is 1. The summed E-state index contributed by atoms with van der Waals surface area (Å²) in [5.74, 6) is -0.0810. The number of nitrogens with two attached hydrogens (primary N) is 1. The van der Waals surface area contributed by atoms with Gasteiger partial charge in [0, 0.05) is 23.8 Å². The monoisotopic (exact) mass is 231 g/mol. The summed E-state index contributed by atoms with van der Waals surface area (Å²) in [5.41, 5.74) is 6.79. The third-order valence-electron chi connectivity index (χ3n) is 2.48. The fourth-order valence-electron chi connectivity index (χ4n) is 1.60. The van der Waals surface area contributed by atoms with Gasteiger partial charge in [-0.1, -0.05) is 6.07 Å². The van der Waals surface area contributed by atoms with Crippen molar-refractivity contribution in [3.05, 3.63) is 29.8 Å². The summed E-state index contributed by atoms with van der Waals surface area (Å²) in [6, 6.07) is 9.01. The van der Waals surface area contributed by atoms with Gasteiger partial charge < -0.3 is 10.6 Å². The number of nitriles is 1. The van der Waals surface area contributed by atoms with Gasteiger partial charge in [-0.3, -0.25) is 4.79 Å². The Hall–Kier alpha value is -2.02. The number of anilines is 1. The van der Waals surface area contributed by atoms with Crippen LogP contribution >= 0.6 is 0 Å². The first-order valence-electron chi connectivity index (χ1n) is 5.59. The van der Waals surface area contributed by atoms with Crippen LogP contribution in [-0.4, -0.2) is 23.4 Å². The van der Waals surface area contributed by atoms with E-state index in [4.69, 9.17) is 11.0 Å². The lowest BCUT2D eigenvalue weighted by Crippen LogP contribution is -2.37. The zero-order chi connectivity index (χ0) is 12.8. The Morgan fingerprint density at radius 2 is 2.24 bits per heavy atom. The Balaban J connectivity index is 2.88. The van der Waals surface area contributed by atoms with Crippen molar-refractivity contribution in [1.82, 2.24) is 4.90 Å². The van der Waals surface area contributed by atoms with Gasteiger partial charge in [-0.05, 0) is 32.0 Å². The summed E-state index contributed by atoms with van der Waals surface area (Å²) < 4.78 is 0. The molecule has 0 bridgehead atoms. The van der Waals surface area contributed by atoms with E-state index in [2.05, 4.69) is 6.07 Å². The van der Waals surface area contributed by atoms with Crippen molar-refractivity contribution >= 4 is 11.6 Å². The molecule has 0 radical (unpaired) electrons. The van der Waals surface area contributed by atoms with Gasteiger partial charge >= 0.3 is 0 Å². The molecule has 1 aromatic carbocycles. The highest BCUT2D eigenvalue weighted by Gasteiger charge is 2.18. The smallest absolute Gasteiger partial charge is 0.254 e. The molecule has 90 valence electrons. The van der Waals surface area contributed by atoms with Gasteiger partial charge in [-0.15, -0.1) is 0 Å². The van der Waals surface area contributed by atoms with Crippen molar-refractivity contribution in [2.75, 3.05) is 12.3 Å². The van der Waals surface area contributed by atoms with E-state index in [1.165, 1.54) is 0 Å². The van der Waals surface area contributed by atoms with Crippen LogP contribution in [0.25, 0.3) is 0 Å². The molecule has 0 aliphatic rings. The standard InChI is InChI=1S/C13H17N3O/c1-10(2)16(8-4-7-14)13(17)11-5-3-6-12(15)9-11/h3,5-6,9-10H,4,8,15H2,1-2H3. The molecule has 1 amide bonds. The van der Waals surface area contributed by atoms with Crippen molar-refractivity contribution in [3.8, 4) is 6.07 Å². The predicted octanol–water partition coefficient (Wildman–Crippen LogP) is 2.03. The minimum Gasteiger partial charge on any atom is -0.399 e. The molecule has 4 nitrogen and oxygen atoms in total. The maximum absolute atomic E-state index is 12.2. The Kier molecular flexibility index (Phi) is 4.53. The van der Waals surface area contributed by atoms with Crippen LogP contribution in [0, 0.1) is 11.3 Å². The minimum absolute atomic E-state index is 0.0669. The van der Waals surface area contributed by atoms with Crippen molar-refractivity contribution in [3.63, 3.8) is 0 Å². The van der Waals surface area contributed by atoms with Crippen molar-refractivity contribution < 1.29 is 4.79 Å². The minimum atomic E-state index is -0.0810. The molecule has 0 aromatic heterocycles. The third kappa shape index (κ3) is 3.49. The largest absolute Gasteiger partial charge is 0.399 e. The Labute approximate surface area is 102 Å². The first-order valence-corrected chi connectivity index (χ1v) is 5.59. The number of carbonyl (C=O) groups is 1. The number of nitrogens with zero attached hydrogens (tertiary/aromatic N) is 2. The molecule has 0 fully saturated rings. The second-order valence-electron chi connectivity index (χ2n) is 4.13. The number of hydrogen-bond acceptors (Lipinski definition) is 3. The van der Waals surface area contributed by atoms with Crippen LogP contribution in [-0.2, 0) is 0 Å². The van der Waals surface area contributed by atoms with Crippen LogP contribution in [0.4, 0.5) is 5.69 Å². The van der Waals surface area contributed by atoms with Crippen molar-refractivity contribution in [2.24, 2.45) is 0 Å². The molecule has 1 rings (SSSR count). The van der Waals surface area contributed by atoms with E-state index < -0.39 is 0 Å².